The SMILES string of the molecule is Cc1cc(O)cc(CC(C)(C)OC(C)(C)C)c1O. The minimum absolute atomic E-state index is 0.173. The van der Waals surface area contributed by atoms with Crippen LogP contribution in [0.3, 0.4) is 0 Å². The van der Waals surface area contributed by atoms with Gasteiger partial charge in [0.05, 0.1) is 11.2 Å². The van der Waals surface area contributed by atoms with Crippen LogP contribution >= 0.6 is 0 Å². The molecule has 0 aromatic heterocycles. The van der Waals surface area contributed by atoms with Crippen molar-refractivity contribution in [3.8, 4) is 11.5 Å². The van der Waals surface area contributed by atoms with Crippen molar-refractivity contribution < 1.29 is 14.9 Å². The molecule has 0 heterocycles. The third-order valence-corrected chi connectivity index (χ3v) is 2.56. The zero-order chi connectivity index (χ0) is 14.1. The molecule has 0 aliphatic rings. The van der Waals surface area contributed by atoms with Crippen LogP contribution in [0.15, 0.2) is 12.1 Å². The van der Waals surface area contributed by atoms with Crippen molar-refractivity contribution in [2.24, 2.45) is 0 Å². The summed E-state index contributed by atoms with van der Waals surface area (Å²) < 4.78 is 5.97. The van der Waals surface area contributed by atoms with Crippen LogP contribution in [0.25, 0.3) is 0 Å². The monoisotopic (exact) mass is 252 g/mol. The molecule has 18 heavy (non-hydrogen) atoms. The van der Waals surface area contributed by atoms with E-state index in [1.54, 1.807) is 19.1 Å². The molecule has 0 bridgehead atoms. The Bertz CT molecular complexity index is 428. The maximum absolute atomic E-state index is 10.0. The Morgan fingerprint density at radius 3 is 2.11 bits per heavy atom. The Morgan fingerprint density at radius 2 is 1.61 bits per heavy atom. The lowest BCUT2D eigenvalue weighted by Crippen LogP contribution is -2.36. The van der Waals surface area contributed by atoms with E-state index in [1.807, 2.05) is 34.6 Å². The number of hydrogen-bond acceptors (Lipinski definition) is 3. The van der Waals surface area contributed by atoms with Gasteiger partial charge in [0, 0.05) is 12.0 Å². The van der Waals surface area contributed by atoms with Crippen molar-refractivity contribution in [1.82, 2.24) is 0 Å². The first-order valence-corrected chi connectivity index (χ1v) is 6.22. The molecule has 0 unspecified atom stereocenters. The van der Waals surface area contributed by atoms with Crippen LogP contribution in [0.5, 0.6) is 11.5 Å². The van der Waals surface area contributed by atoms with E-state index in [1.165, 1.54) is 0 Å². The quantitative estimate of drug-likeness (QED) is 0.809. The standard InChI is InChI=1S/C15H24O3/c1-10-7-12(16)8-11(13(10)17)9-15(5,6)18-14(2,3)4/h7-8,16-17H,9H2,1-6H3. The molecule has 1 aromatic rings. The third kappa shape index (κ3) is 4.22. The highest BCUT2D eigenvalue weighted by molar-refractivity contribution is 5.45. The number of aromatic hydroxyl groups is 2. The molecule has 0 fully saturated rings. The van der Waals surface area contributed by atoms with E-state index >= 15 is 0 Å². The van der Waals surface area contributed by atoms with Crippen LogP contribution in [-0.2, 0) is 11.2 Å². The van der Waals surface area contributed by atoms with Gasteiger partial charge in [0.25, 0.3) is 0 Å². The molecule has 0 atom stereocenters. The summed E-state index contributed by atoms with van der Waals surface area (Å²) in [6.45, 7) is 11.7. The maximum Gasteiger partial charge on any atom is 0.122 e. The molecule has 0 radical (unpaired) electrons. The van der Waals surface area contributed by atoms with Gasteiger partial charge < -0.3 is 14.9 Å². The molecule has 0 spiro atoms. The second kappa shape index (κ2) is 4.81. The number of rotatable bonds is 3. The first kappa shape index (κ1) is 14.8. The maximum atomic E-state index is 10.0. The lowest BCUT2D eigenvalue weighted by Gasteiger charge is -2.34. The van der Waals surface area contributed by atoms with E-state index in [-0.39, 0.29) is 17.1 Å². The van der Waals surface area contributed by atoms with Gasteiger partial charge in [-0.1, -0.05) is 0 Å². The van der Waals surface area contributed by atoms with Gasteiger partial charge in [0.1, 0.15) is 11.5 Å². The predicted octanol–water partition coefficient (Wildman–Crippen LogP) is 3.54. The summed E-state index contributed by atoms with van der Waals surface area (Å²) in [7, 11) is 0. The number of hydrogen-bond donors (Lipinski definition) is 2. The predicted molar refractivity (Wildman–Crippen MR) is 73.1 cm³/mol. The molecule has 3 nitrogen and oxygen atoms in total. The summed E-state index contributed by atoms with van der Waals surface area (Å²) in [6, 6.07) is 3.15. The highest BCUT2D eigenvalue weighted by Gasteiger charge is 2.27. The van der Waals surface area contributed by atoms with Crippen molar-refractivity contribution in [1.29, 1.82) is 0 Å². The molecule has 102 valence electrons. The highest BCUT2D eigenvalue weighted by atomic mass is 16.5. The van der Waals surface area contributed by atoms with E-state index in [0.29, 0.717) is 17.5 Å². The van der Waals surface area contributed by atoms with Gasteiger partial charge in [-0.15, -0.1) is 0 Å². The van der Waals surface area contributed by atoms with Crippen LogP contribution in [0.4, 0.5) is 0 Å². The van der Waals surface area contributed by atoms with Crippen LogP contribution in [0, 0.1) is 6.92 Å². The lowest BCUT2D eigenvalue weighted by atomic mass is 9.95. The number of benzene rings is 1. The Labute approximate surface area is 109 Å². The molecule has 3 heteroatoms. The van der Waals surface area contributed by atoms with Gasteiger partial charge in [-0.2, -0.15) is 0 Å². The fourth-order valence-corrected chi connectivity index (χ4v) is 2.29. The van der Waals surface area contributed by atoms with E-state index in [4.69, 9.17) is 4.74 Å². The Kier molecular flexibility index (Phi) is 3.96. The summed E-state index contributed by atoms with van der Waals surface area (Å²) in [6.07, 6.45) is 0.547. The van der Waals surface area contributed by atoms with Gasteiger partial charge in [-0.3, -0.25) is 0 Å². The van der Waals surface area contributed by atoms with Crippen molar-refractivity contribution in [3.05, 3.63) is 23.3 Å². The minimum atomic E-state index is -0.407. The Balaban J connectivity index is 2.97. The average molecular weight is 252 g/mol. The molecule has 0 amide bonds. The summed E-state index contributed by atoms with van der Waals surface area (Å²) in [5.41, 5.74) is 0.735. The second-order valence-corrected chi connectivity index (χ2v) is 6.42. The zero-order valence-corrected chi connectivity index (χ0v) is 12.2. The second-order valence-electron chi connectivity index (χ2n) is 6.42. The Hall–Kier alpha value is -1.22. The van der Waals surface area contributed by atoms with Crippen LogP contribution in [-0.4, -0.2) is 21.4 Å². The zero-order valence-electron chi connectivity index (χ0n) is 12.2. The highest BCUT2D eigenvalue weighted by Crippen LogP contribution is 2.32. The van der Waals surface area contributed by atoms with Crippen LogP contribution in [0.2, 0.25) is 0 Å². The van der Waals surface area contributed by atoms with Gasteiger partial charge in [0.15, 0.2) is 0 Å². The van der Waals surface area contributed by atoms with Crippen LogP contribution < -0.4 is 0 Å². The summed E-state index contributed by atoms with van der Waals surface area (Å²) in [5.74, 6) is 0.408. The molecule has 0 saturated carbocycles. The Morgan fingerprint density at radius 1 is 1.06 bits per heavy atom. The molecule has 0 saturated heterocycles. The third-order valence-electron chi connectivity index (χ3n) is 2.56. The van der Waals surface area contributed by atoms with Gasteiger partial charge in [-0.25, -0.2) is 0 Å². The van der Waals surface area contributed by atoms with E-state index in [0.717, 1.165) is 0 Å². The summed E-state index contributed by atoms with van der Waals surface area (Å²) in [4.78, 5) is 0. The number of phenolic OH excluding ortho intramolecular Hbond substituents is 2. The van der Waals surface area contributed by atoms with E-state index in [9.17, 15) is 10.2 Å². The largest absolute Gasteiger partial charge is 0.508 e. The smallest absolute Gasteiger partial charge is 0.122 e. The van der Waals surface area contributed by atoms with Crippen molar-refractivity contribution in [2.75, 3.05) is 0 Å². The number of phenols is 2. The van der Waals surface area contributed by atoms with Gasteiger partial charge >= 0.3 is 0 Å². The van der Waals surface area contributed by atoms with E-state index < -0.39 is 5.60 Å². The van der Waals surface area contributed by atoms with Gasteiger partial charge in [0.2, 0.25) is 0 Å². The molecule has 0 aliphatic heterocycles. The van der Waals surface area contributed by atoms with Gasteiger partial charge in [-0.05, 0) is 59.2 Å². The van der Waals surface area contributed by atoms with E-state index in [2.05, 4.69) is 0 Å². The minimum Gasteiger partial charge on any atom is -0.508 e. The summed E-state index contributed by atoms with van der Waals surface area (Å²) in [5, 5.41) is 19.6. The normalized spacial score (nSPS) is 12.8. The molecule has 2 N–H and O–H groups in total. The van der Waals surface area contributed by atoms with Crippen molar-refractivity contribution in [3.63, 3.8) is 0 Å². The van der Waals surface area contributed by atoms with Crippen molar-refractivity contribution in [2.45, 2.75) is 59.2 Å². The lowest BCUT2D eigenvalue weighted by molar-refractivity contribution is -0.111. The van der Waals surface area contributed by atoms with Crippen molar-refractivity contribution >= 4 is 0 Å². The fourth-order valence-electron chi connectivity index (χ4n) is 2.29. The first-order valence-electron chi connectivity index (χ1n) is 6.22. The molecular weight excluding hydrogens is 228 g/mol. The molecule has 1 rings (SSSR count). The number of ether oxygens (including phenoxy) is 1. The number of aryl methyl sites for hydroxylation is 1. The first-order chi connectivity index (χ1) is 8.00. The average Bonchev–Trinajstić information content (AvgIpc) is 2.08. The molecular formula is C15H24O3. The molecule has 1 aromatic carbocycles. The summed E-state index contributed by atoms with van der Waals surface area (Å²) >= 11 is 0. The van der Waals surface area contributed by atoms with Crippen LogP contribution in [0.1, 0.15) is 45.7 Å². The molecule has 0 aliphatic carbocycles. The topological polar surface area (TPSA) is 49.7 Å². The fraction of sp³-hybridized carbons (Fsp3) is 0.600.